The van der Waals surface area contributed by atoms with E-state index < -0.39 is 18.5 Å². The predicted octanol–water partition coefficient (Wildman–Crippen LogP) is 4.24. The molecule has 16 heavy (non-hydrogen) atoms. The molecule has 0 bridgehead atoms. The Morgan fingerprint density at radius 1 is 0.750 bits per heavy atom. The molecule has 0 aromatic rings. The molecule has 2 aliphatic rings. The molecule has 2 unspecified atom stereocenters. The molecule has 2 saturated carbocycles. The molecule has 2 aliphatic carbocycles. The van der Waals surface area contributed by atoms with Crippen molar-refractivity contribution in [2.45, 2.75) is 64.0 Å². The summed E-state index contributed by atoms with van der Waals surface area (Å²) in [6.07, 6.45) is -0.0893. The maximum atomic E-state index is 13.3. The monoisotopic (exact) mass is 234 g/mol. The first-order chi connectivity index (χ1) is 7.58. The van der Waals surface area contributed by atoms with Crippen LogP contribution >= 0.6 is 0 Å². The van der Waals surface area contributed by atoms with Crippen molar-refractivity contribution in [3.05, 3.63) is 0 Å². The summed E-state index contributed by atoms with van der Waals surface area (Å²) in [5.41, 5.74) is 0. The Hall–Kier alpha value is -0.210. The Morgan fingerprint density at radius 3 is 1.75 bits per heavy atom. The van der Waals surface area contributed by atoms with Crippen molar-refractivity contribution >= 4 is 0 Å². The summed E-state index contributed by atoms with van der Waals surface area (Å²) in [5.74, 6) is 1.25. The minimum atomic E-state index is -1.88. The van der Waals surface area contributed by atoms with Crippen molar-refractivity contribution in [3.63, 3.8) is 0 Å². The fourth-order valence-corrected chi connectivity index (χ4v) is 3.30. The van der Waals surface area contributed by atoms with Crippen LogP contribution in [0.5, 0.6) is 0 Å². The highest BCUT2D eigenvalue weighted by Crippen LogP contribution is 2.42. The summed E-state index contributed by atoms with van der Waals surface area (Å²) in [6, 6.07) is 0. The van der Waals surface area contributed by atoms with Crippen molar-refractivity contribution in [1.82, 2.24) is 0 Å². The van der Waals surface area contributed by atoms with Crippen LogP contribution in [0.3, 0.4) is 0 Å². The van der Waals surface area contributed by atoms with Crippen LogP contribution in [0.4, 0.5) is 13.2 Å². The first kappa shape index (κ1) is 12.3. The van der Waals surface area contributed by atoms with E-state index in [2.05, 4.69) is 6.92 Å². The zero-order valence-corrected chi connectivity index (χ0v) is 9.84. The van der Waals surface area contributed by atoms with Gasteiger partial charge in [0.25, 0.3) is 0 Å². The number of hydrogen-bond acceptors (Lipinski definition) is 0. The normalized spacial score (nSPS) is 50.2. The minimum absolute atomic E-state index is 0.0736. The molecule has 3 heteroatoms. The van der Waals surface area contributed by atoms with Gasteiger partial charge in [-0.2, -0.15) is 0 Å². The second-order valence-electron chi connectivity index (χ2n) is 5.73. The van der Waals surface area contributed by atoms with Gasteiger partial charge in [0.2, 0.25) is 0 Å². The van der Waals surface area contributed by atoms with Crippen molar-refractivity contribution in [2.24, 2.45) is 17.8 Å². The van der Waals surface area contributed by atoms with Crippen molar-refractivity contribution < 1.29 is 13.2 Å². The summed E-state index contributed by atoms with van der Waals surface area (Å²) in [5, 5.41) is 0. The largest absolute Gasteiger partial charge is 0.244 e. The van der Waals surface area contributed by atoms with Gasteiger partial charge in [-0.15, -0.1) is 0 Å². The molecule has 0 spiro atoms. The zero-order valence-electron chi connectivity index (χ0n) is 9.84. The van der Waals surface area contributed by atoms with E-state index in [-0.39, 0.29) is 18.8 Å². The van der Waals surface area contributed by atoms with Crippen LogP contribution < -0.4 is 0 Å². The Kier molecular flexibility index (Phi) is 3.81. The van der Waals surface area contributed by atoms with Gasteiger partial charge in [0.05, 0.1) is 0 Å². The SMILES string of the molecule is CC1CCC(C2CC(F)C(F)C(F)C2)CC1. The van der Waals surface area contributed by atoms with Crippen LogP contribution in [0.15, 0.2) is 0 Å². The average molecular weight is 234 g/mol. The lowest BCUT2D eigenvalue weighted by atomic mass is 9.70. The summed E-state index contributed by atoms with van der Waals surface area (Å²) in [4.78, 5) is 0. The van der Waals surface area contributed by atoms with Gasteiger partial charge in [-0.1, -0.05) is 19.8 Å². The van der Waals surface area contributed by atoms with Gasteiger partial charge < -0.3 is 0 Å². The standard InChI is InChI=1S/C13H21F3/c1-8-2-4-9(5-3-8)10-6-11(14)13(16)12(15)7-10/h8-13H,2-7H2,1H3. The van der Waals surface area contributed by atoms with Crippen LogP contribution in [0.2, 0.25) is 0 Å². The molecule has 0 saturated heterocycles. The van der Waals surface area contributed by atoms with Crippen LogP contribution in [0.25, 0.3) is 0 Å². The Morgan fingerprint density at radius 2 is 1.25 bits per heavy atom. The Balaban J connectivity index is 1.90. The van der Waals surface area contributed by atoms with Crippen LogP contribution in [-0.2, 0) is 0 Å². The van der Waals surface area contributed by atoms with E-state index in [0.717, 1.165) is 31.6 Å². The molecule has 0 aliphatic heterocycles. The van der Waals surface area contributed by atoms with Gasteiger partial charge in [-0.25, -0.2) is 13.2 Å². The van der Waals surface area contributed by atoms with E-state index in [1.165, 1.54) is 0 Å². The van der Waals surface area contributed by atoms with Gasteiger partial charge in [0, 0.05) is 0 Å². The van der Waals surface area contributed by atoms with Crippen LogP contribution in [0, 0.1) is 17.8 Å². The molecule has 2 atom stereocenters. The molecule has 0 aromatic heterocycles. The summed E-state index contributed by atoms with van der Waals surface area (Å²) in [7, 11) is 0. The smallest absolute Gasteiger partial charge is 0.162 e. The number of halogens is 3. The number of rotatable bonds is 1. The lowest BCUT2D eigenvalue weighted by molar-refractivity contribution is -0.00403. The van der Waals surface area contributed by atoms with E-state index in [4.69, 9.17) is 0 Å². The zero-order chi connectivity index (χ0) is 11.7. The predicted molar refractivity (Wildman–Crippen MR) is 58.5 cm³/mol. The van der Waals surface area contributed by atoms with Crippen molar-refractivity contribution in [1.29, 1.82) is 0 Å². The molecule has 0 radical (unpaired) electrons. The second-order valence-corrected chi connectivity index (χ2v) is 5.73. The van der Waals surface area contributed by atoms with E-state index in [1.807, 2.05) is 0 Å². The molecule has 2 rings (SSSR count). The molecular weight excluding hydrogens is 213 g/mol. The Bertz CT molecular complexity index is 211. The van der Waals surface area contributed by atoms with Gasteiger partial charge in [-0.3, -0.25) is 0 Å². The summed E-state index contributed by atoms with van der Waals surface area (Å²) in [6.45, 7) is 2.23. The first-order valence-electron chi connectivity index (χ1n) is 6.50. The topological polar surface area (TPSA) is 0 Å². The van der Waals surface area contributed by atoms with E-state index in [0.29, 0.717) is 5.92 Å². The molecule has 0 amide bonds. The second kappa shape index (κ2) is 4.97. The molecule has 2 fully saturated rings. The highest BCUT2D eigenvalue weighted by Gasteiger charge is 2.41. The van der Waals surface area contributed by atoms with Gasteiger partial charge in [0.1, 0.15) is 12.3 Å². The van der Waals surface area contributed by atoms with Crippen molar-refractivity contribution in [3.8, 4) is 0 Å². The lowest BCUT2D eigenvalue weighted by Crippen LogP contribution is -2.40. The van der Waals surface area contributed by atoms with E-state index in [9.17, 15) is 13.2 Å². The molecule has 0 nitrogen and oxygen atoms in total. The highest BCUT2D eigenvalue weighted by atomic mass is 19.2. The van der Waals surface area contributed by atoms with Crippen LogP contribution in [0.1, 0.15) is 45.4 Å². The summed E-state index contributed by atoms with van der Waals surface area (Å²) < 4.78 is 39.6. The van der Waals surface area contributed by atoms with Crippen LogP contribution in [-0.4, -0.2) is 18.5 Å². The van der Waals surface area contributed by atoms with E-state index >= 15 is 0 Å². The third-order valence-electron chi connectivity index (χ3n) is 4.47. The van der Waals surface area contributed by atoms with Gasteiger partial charge >= 0.3 is 0 Å². The molecule has 94 valence electrons. The van der Waals surface area contributed by atoms with Gasteiger partial charge in [-0.05, 0) is 43.4 Å². The molecule has 0 N–H and O–H groups in total. The molecular formula is C13H21F3. The maximum Gasteiger partial charge on any atom is 0.162 e. The van der Waals surface area contributed by atoms with Gasteiger partial charge in [0.15, 0.2) is 6.17 Å². The fourth-order valence-electron chi connectivity index (χ4n) is 3.30. The molecule has 0 aromatic carbocycles. The first-order valence-corrected chi connectivity index (χ1v) is 6.50. The number of hydrogen-bond donors (Lipinski definition) is 0. The number of alkyl halides is 3. The summed E-state index contributed by atoms with van der Waals surface area (Å²) >= 11 is 0. The highest BCUT2D eigenvalue weighted by molar-refractivity contribution is 4.90. The Labute approximate surface area is 95.6 Å². The average Bonchev–Trinajstić information content (AvgIpc) is 2.26. The minimum Gasteiger partial charge on any atom is -0.244 e. The van der Waals surface area contributed by atoms with E-state index in [1.54, 1.807) is 0 Å². The third-order valence-corrected chi connectivity index (χ3v) is 4.47. The quantitative estimate of drug-likeness (QED) is 0.636. The third kappa shape index (κ3) is 2.54. The van der Waals surface area contributed by atoms with Crippen molar-refractivity contribution in [2.75, 3.05) is 0 Å². The fraction of sp³-hybridized carbons (Fsp3) is 1.00. The maximum absolute atomic E-state index is 13.3. The molecule has 0 heterocycles. The lowest BCUT2D eigenvalue weighted by Gasteiger charge is -2.38.